The highest BCUT2D eigenvalue weighted by molar-refractivity contribution is 7.99. The van der Waals surface area contributed by atoms with Gasteiger partial charge in [0, 0.05) is 12.3 Å². The Bertz CT molecular complexity index is 375. The van der Waals surface area contributed by atoms with E-state index in [1.807, 2.05) is 29.3 Å². The molecule has 100 valence electrons. The lowest BCUT2D eigenvalue weighted by atomic mass is 10.0. The van der Waals surface area contributed by atoms with Crippen molar-refractivity contribution < 1.29 is 14.6 Å². The average Bonchev–Trinajstić information content (AvgIpc) is 3.05. The molecule has 1 atom stereocenters. The van der Waals surface area contributed by atoms with Crippen LogP contribution in [0, 0.1) is 0 Å². The third-order valence-electron chi connectivity index (χ3n) is 2.88. The molecule has 1 aromatic rings. The summed E-state index contributed by atoms with van der Waals surface area (Å²) in [5.41, 5.74) is -0.305. The fourth-order valence-electron chi connectivity index (χ4n) is 1.89. The lowest BCUT2D eigenvalue weighted by molar-refractivity contribution is -0.0378. The Balaban J connectivity index is 1.88. The molecule has 2 heterocycles. The fourth-order valence-corrected chi connectivity index (χ4v) is 3.89. The highest BCUT2D eigenvalue weighted by Gasteiger charge is 2.35. The standard InChI is InChI=1S/C12H17NO3S2/c14-4-5-16-12(3-7-17-9-12)8-13-11(15)10-2-1-6-18-10/h1-2,6,14H,3-5,7-9H2,(H,13,15). The number of thioether (sulfide) groups is 1. The Morgan fingerprint density at radius 3 is 3.11 bits per heavy atom. The Labute approximate surface area is 115 Å². The monoisotopic (exact) mass is 287 g/mol. The zero-order valence-electron chi connectivity index (χ0n) is 10.1. The predicted molar refractivity (Wildman–Crippen MR) is 74.4 cm³/mol. The SMILES string of the molecule is O=C(NCC1(OCCO)CCSC1)c1cccs1. The van der Waals surface area contributed by atoms with E-state index in [4.69, 9.17) is 9.84 Å². The number of aliphatic hydroxyl groups excluding tert-OH is 1. The van der Waals surface area contributed by atoms with E-state index < -0.39 is 0 Å². The Morgan fingerprint density at radius 2 is 2.50 bits per heavy atom. The molecular formula is C12H17NO3S2. The minimum absolute atomic E-state index is 0.0191. The molecule has 1 amide bonds. The van der Waals surface area contributed by atoms with Gasteiger partial charge in [-0.2, -0.15) is 11.8 Å². The quantitative estimate of drug-likeness (QED) is 0.829. The topological polar surface area (TPSA) is 58.6 Å². The number of hydrogen-bond donors (Lipinski definition) is 2. The van der Waals surface area contributed by atoms with Crippen LogP contribution >= 0.6 is 23.1 Å². The number of ether oxygens (including phenoxy) is 1. The van der Waals surface area contributed by atoms with Crippen molar-refractivity contribution in [2.75, 3.05) is 31.3 Å². The summed E-state index contributed by atoms with van der Waals surface area (Å²) in [6.45, 7) is 0.859. The van der Waals surface area contributed by atoms with E-state index in [0.29, 0.717) is 13.2 Å². The lowest BCUT2D eigenvalue weighted by Crippen LogP contribution is -2.45. The van der Waals surface area contributed by atoms with E-state index in [9.17, 15) is 4.79 Å². The first kappa shape index (κ1) is 13.9. The van der Waals surface area contributed by atoms with Gasteiger partial charge in [0.1, 0.15) is 0 Å². The van der Waals surface area contributed by atoms with Gasteiger partial charge < -0.3 is 15.2 Å². The molecule has 1 fully saturated rings. The number of nitrogens with one attached hydrogen (secondary N) is 1. The first-order chi connectivity index (χ1) is 8.76. The molecule has 1 aliphatic rings. The number of thiophene rings is 1. The predicted octanol–water partition coefficient (Wildman–Crippen LogP) is 1.36. The largest absolute Gasteiger partial charge is 0.394 e. The van der Waals surface area contributed by atoms with E-state index in [0.717, 1.165) is 22.8 Å². The number of carbonyl (C=O) groups excluding carboxylic acids is 1. The van der Waals surface area contributed by atoms with Gasteiger partial charge in [0.15, 0.2) is 0 Å². The molecule has 1 saturated heterocycles. The molecule has 1 unspecified atom stereocenters. The smallest absolute Gasteiger partial charge is 0.261 e. The average molecular weight is 287 g/mol. The number of hydrogen-bond acceptors (Lipinski definition) is 5. The second-order valence-corrected chi connectivity index (χ2v) is 6.27. The maximum absolute atomic E-state index is 11.9. The summed E-state index contributed by atoms with van der Waals surface area (Å²) in [7, 11) is 0. The Hall–Kier alpha value is -0.560. The van der Waals surface area contributed by atoms with Crippen LogP contribution in [0.1, 0.15) is 16.1 Å². The first-order valence-electron chi connectivity index (χ1n) is 5.90. The minimum Gasteiger partial charge on any atom is -0.394 e. The maximum atomic E-state index is 11.9. The molecule has 0 aliphatic carbocycles. The minimum atomic E-state index is -0.305. The van der Waals surface area contributed by atoms with Crippen LogP contribution in [0.15, 0.2) is 17.5 Å². The van der Waals surface area contributed by atoms with Crippen LogP contribution in [-0.2, 0) is 4.74 Å². The molecule has 6 heteroatoms. The molecule has 0 radical (unpaired) electrons. The second-order valence-electron chi connectivity index (χ2n) is 4.22. The summed E-state index contributed by atoms with van der Waals surface area (Å²) in [6, 6.07) is 3.67. The molecule has 1 aromatic heterocycles. The van der Waals surface area contributed by atoms with Crippen molar-refractivity contribution in [3.05, 3.63) is 22.4 Å². The molecule has 2 rings (SSSR count). The van der Waals surface area contributed by atoms with E-state index in [2.05, 4.69) is 5.32 Å². The van der Waals surface area contributed by atoms with Gasteiger partial charge in [-0.05, 0) is 23.6 Å². The van der Waals surface area contributed by atoms with Gasteiger partial charge in [-0.25, -0.2) is 0 Å². The van der Waals surface area contributed by atoms with Gasteiger partial charge in [0.25, 0.3) is 5.91 Å². The van der Waals surface area contributed by atoms with E-state index in [-0.39, 0.29) is 18.1 Å². The summed E-state index contributed by atoms with van der Waals surface area (Å²) in [5.74, 6) is 1.87. The van der Waals surface area contributed by atoms with Crippen molar-refractivity contribution >= 4 is 29.0 Å². The molecule has 2 N–H and O–H groups in total. The van der Waals surface area contributed by atoms with Crippen molar-refractivity contribution in [1.29, 1.82) is 0 Å². The number of aliphatic hydroxyl groups is 1. The Kier molecular flexibility index (Phi) is 5.05. The van der Waals surface area contributed by atoms with Crippen LogP contribution in [0.3, 0.4) is 0 Å². The Morgan fingerprint density at radius 1 is 1.61 bits per heavy atom. The van der Waals surface area contributed by atoms with Crippen LogP contribution in [-0.4, -0.2) is 47.9 Å². The maximum Gasteiger partial charge on any atom is 0.261 e. The van der Waals surface area contributed by atoms with Gasteiger partial charge in [-0.3, -0.25) is 4.79 Å². The summed E-state index contributed by atoms with van der Waals surface area (Å²) in [5, 5.41) is 13.7. The van der Waals surface area contributed by atoms with Crippen molar-refractivity contribution in [2.45, 2.75) is 12.0 Å². The number of rotatable bonds is 6. The lowest BCUT2D eigenvalue weighted by Gasteiger charge is -2.28. The summed E-state index contributed by atoms with van der Waals surface area (Å²) in [4.78, 5) is 12.6. The zero-order valence-corrected chi connectivity index (χ0v) is 11.7. The fraction of sp³-hybridized carbons (Fsp3) is 0.583. The van der Waals surface area contributed by atoms with E-state index in [1.165, 1.54) is 11.3 Å². The van der Waals surface area contributed by atoms with Crippen LogP contribution in [0.25, 0.3) is 0 Å². The van der Waals surface area contributed by atoms with Gasteiger partial charge in [-0.15, -0.1) is 11.3 Å². The second kappa shape index (κ2) is 6.56. The van der Waals surface area contributed by atoms with Gasteiger partial charge in [0.05, 0.1) is 23.7 Å². The molecule has 18 heavy (non-hydrogen) atoms. The highest BCUT2D eigenvalue weighted by Crippen LogP contribution is 2.30. The summed E-state index contributed by atoms with van der Waals surface area (Å²) >= 11 is 3.26. The van der Waals surface area contributed by atoms with Gasteiger partial charge in [-0.1, -0.05) is 6.07 Å². The number of amides is 1. The molecule has 1 aliphatic heterocycles. The molecular weight excluding hydrogens is 270 g/mol. The molecule has 0 spiro atoms. The molecule has 0 aromatic carbocycles. The van der Waals surface area contributed by atoms with Gasteiger partial charge in [0.2, 0.25) is 0 Å². The highest BCUT2D eigenvalue weighted by atomic mass is 32.2. The van der Waals surface area contributed by atoms with Crippen molar-refractivity contribution in [2.24, 2.45) is 0 Å². The van der Waals surface area contributed by atoms with Crippen LogP contribution in [0.5, 0.6) is 0 Å². The van der Waals surface area contributed by atoms with Gasteiger partial charge >= 0.3 is 0 Å². The third kappa shape index (κ3) is 3.47. The number of carbonyl (C=O) groups is 1. The van der Waals surface area contributed by atoms with Crippen LogP contribution in [0.2, 0.25) is 0 Å². The van der Waals surface area contributed by atoms with Crippen molar-refractivity contribution in [3.63, 3.8) is 0 Å². The van der Waals surface area contributed by atoms with Crippen LogP contribution in [0.4, 0.5) is 0 Å². The third-order valence-corrected chi connectivity index (χ3v) is 4.97. The van der Waals surface area contributed by atoms with Crippen molar-refractivity contribution in [3.8, 4) is 0 Å². The zero-order chi connectivity index (χ0) is 12.8. The van der Waals surface area contributed by atoms with E-state index in [1.54, 1.807) is 0 Å². The first-order valence-corrected chi connectivity index (χ1v) is 7.93. The molecule has 0 bridgehead atoms. The summed E-state index contributed by atoms with van der Waals surface area (Å²) < 4.78 is 5.73. The van der Waals surface area contributed by atoms with E-state index >= 15 is 0 Å². The van der Waals surface area contributed by atoms with Crippen LogP contribution < -0.4 is 5.32 Å². The molecule has 0 saturated carbocycles. The summed E-state index contributed by atoms with van der Waals surface area (Å²) in [6.07, 6.45) is 0.919. The molecule has 4 nitrogen and oxygen atoms in total. The van der Waals surface area contributed by atoms with Crippen molar-refractivity contribution in [1.82, 2.24) is 5.32 Å². The normalized spacial score (nSPS) is 23.2.